The summed E-state index contributed by atoms with van der Waals surface area (Å²) >= 11 is 1.30. The minimum Gasteiger partial charge on any atom is -0.490 e. The molecule has 0 atom stereocenters. The molecule has 162 valence electrons. The summed E-state index contributed by atoms with van der Waals surface area (Å²) in [6, 6.07) is 12.5. The zero-order valence-corrected chi connectivity index (χ0v) is 18.8. The summed E-state index contributed by atoms with van der Waals surface area (Å²) in [5, 5.41) is 11.0. The average Bonchev–Trinajstić information content (AvgIpc) is 3.14. The fourth-order valence-corrected chi connectivity index (χ4v) is 3.38. The topological polar surface area (TPSA) is 89.3 Å². The molecular formula is C23H25N3O4S. The maximum Gasteiger partial charge on any atom is 0.343 e. The fourth-order valence-electron chi connectivity index (χ4n) is 2.75. The summed E-state index contributed by atoms with van der Waals surface area (Å²) in [7, 11) is 0. The van der Waals surface area contributed by atoms with Gasteiger partial charge in [0.15, 0.2) is 16.7 Å². The third-order valence-corrected chi connectivity index (χ3v) is 5.26. The van der Waals surface area contributed by atoms with Gasteiger partial charge in [-0.2, -0.15) is 5.10 Å². The first-order valence-electron chi connectivity index (χ1n) is 9.89. The van der Waals surface area contributed by atoms with Gasteiger partial charge in [0.25, 0.3) is 0 Å². The largest absolute Gasteiger partial charge is 0.490 e. The second-order valence-corrected chi connectivity index (χ2v) is 8.81. The Hall–Kier alpha value is -3.13. The minimum absolute atomic E-state index is 0.00872. The Morgan fingerprint density at radius 3 is 2.52 bits per heavy atom. The Morgan fingerprint density at radius 2 is 1.90 bits per heavy atom. The molecule has 0 unspecified atom stereocenters. The molecule has 7 nitrogen and oxygen atoms in total. The molecule has 1 aliphatic rings. The summed E-state index contributed by atoms with van der Waals surface area (Å²) in [5.74, 6) is 0.568. The molecule has 2 aromatic rings. The zero-order chi connectivity index (χ0) is 22.4. The lowest BCUT2D eigenvalue weighted by atomic mass is 9.87. The highest BCUT2D eigenvalue weighted by molar-refractivity contribution is 8.15. The Bertz CT molecular complexity index is 1020. The van der Waals surface area contributed by atoms with Gasteiger partial charge in [0.05, 0.1) is 24.1 Å². The molecule has 0 bridgehead atoms. The van der Waals surface area contributed by atoms with Crippen LogP contribution in [-0.4, -0.2) is 35.6 Å². The van der Waals surface area contributed by atoms with Crippen molar-refractivity contribution < 1.29 is 19.1 Å². The van der Waals surface area contributed by atoms with Crippen LogP contribution < -0.4 is 14.8 Å². The summed E-state index contributed by atoms with van der Waals surface area (Å²) in [5.41, 5.74) is 2.33. The maximum atomic E-state index is 12.6. The molecule has 1 amide bonds. The van der Waals surface area contributed by atoms with Crippen molar-refractivity contribution in [2.45, 2.75) is 33.1 Å². The standard InChI is InChI=1S/C23H25N3O4S/c1-5-29-19-12-15(13-24-26-22-25-20(27)14-31-22)6-11-18(19)30-21(28)16-7-9-17(10-8-16)23(2,3)4/h6-13H,5,14H2,1-4H3,(H,25,26,27)/b24-13+. The summed E-state index contributed by atoms with van der Waals surface area (Å²) < 4.78 is 11.2. The molecule has 2 aromatic carbocycles. The maximum absolute atomic E-state index is 12.6. The van der Waals surface area contributed by atoms with E-state index in [4.69, 9.17) is 9.47 Å². The van der Waals surface area contributed by atoms with E-state index < -0.39 is 5.97 Å². The minimum atomic E-state index is -0.455. The van der Waals surface area contributed by atoms with Gasteiger partial charge >= 0.3 is 5.97 Å². The van der Waals surface area contributed by atoms with Crippen molar-refractivity contribution in [2.75, 3.05) is 12.4 Å². The highest BCUT2D eigenvalue weighted by atomic mass is 32.2. The summed E-state index contributed by atoms with van der Waals surface area (Å²) in [4.78, 5) is 23.8. The lowest BCUT2D eigenvalue weighted by Gasteiger charge is -2.19. The van der Waals surface area contributed by atoms with Crippen molar-refractivity contribution in [3.05, 3.63) is 59.2 Å². The molecule has 0 aromatic heterocycles. The quantitative estimate of drug-likeness (QED) is 0.316. The molecule has 1 fully saturated rings. The average molecular weight is 440 g/mol. The Morgan fingerprint density at radius 1 is 1.16 bits per heavy atom. The van der Waals surface area contributed by atoms with Crippen LogP contribution in [0, 0.1) is 0 Å². The van der Waals surface area contributed by atoms with Gasteiger partial charge in [0, 0.05) is 0 Å². The van der Waals surface area contributed by atoms with Crippen LogP contribution in [0.4, 0.5) is 0 Å². The zero-order valence-electron chi connectivity index (χ0n) is 18.0. The Kier molecular flexibility index (Phi) is 7.12. The highest BCUT2D eigenvalue weighted by Crippen LogP contribution is 2.29. The number of carbonyl (C=O) groups excluding carboxylic acids is 2. The molecular weight excluding hydrogens is 414 g/mol. The van der Waals surface area contributed by atoms with Crippen LogP contribution in [0.2, 0.25) is 0 Å². The van der Waals surface area contributed by atoms with E-state index in [1.807, 2.05) is 19.1 Å². The predicted octanol–water partition coefficient (Wildman–Crippen LogP) is 4.15. The first-order chi connectivity index (χ1) is 14.8. The van der Waals surface area contributed by atoms with E-state index in [2.05, 4.69) is 36.3 Å². The number of carbonyl (C=O) groups is 2. The second kappa shape index (κ2) is 9.78. The smallest absolute Gasteiger partial charge is 0.343 e. The van der Waals surface area contributed by atoms with Crippen LogP contribution in [0.5, 0.6) is 11.5 Å². The molecule has 0 radical (unpaired) electrons. The Balaban J connectivity index is 1.73. The summed E-state index contributed by atoms with van der Waals surface area (Å²) in [6.45, 7) is 8.62. The number of esters is 1. The number of hydrogen-bond donors (Lipinski definition) is 1. The number of nitrogens with one attached hydrogen (secondary N) is 1. The van der Waals surface area contributed by atoms with Gasteiger partial charge < -0.3 is 14.8 Å². The van der Waals surface area contributed by atoms with E-state index in [0.29, 0.717) is 34.6 Å². The number of thioether (sulfide) groups is 1. The van der Waals surface area contributed by atoms with Gasteiger partial charge in [-0.15, -0.1) is 5.10 Å². The van der Waals surface area contributed by atoms with Crippen LogP contribution in [0.15, 0.2) is 52.7 Å². The van der Waals surface area contributed by atoms with Crippen molar-refractivity contribution in [1.82, 2.24) is 5.32 Å². The number of amidine groups is 1. The second-order valence-electron chi connectivity index (χ2n) is 7.84. The van der Waals surface area contributed by atoms with Crippen LogP contribution in [-0.2, 0) is 10.2 Å². The van der Waals surface area contributed by atoms with E-state index in [0.717, 1.165) is 11.1 Å². The molecule has 3 rings (SSSR count). The van der Waals surface area contributed by atoms with E-state index >= 15 is 0 Å². The van der Waals surface area contributed by atoms with E-state index in [1.54, 1.807) is 30.3 Å². The van der Waals surface area contributed by atoms with E-state index in [9.17, 15) is 9.59 Å². The Labute approximate surface area is 185 Å². The van der Waals surface area contributed by atoms with E-state index in [-0.39, 0.29) is 11.3 Å². The van der Waals surface area contributed by atoms with Crippen molar-refractivity contribution in [3.8, 4) is 11.5 Å². The molecule has 0 saturated carbocycles. The van der Waals surface area contributed by atoms with Gasteiger partial charge in [-0.3, -0.25) is 4.79 Å². The molecule has 1 N–H and O–H groups in total. The fraction of sp³-hybridized carbons (Fsp3) is 0.304. The van der Waals surface area contributed by atoms with Gasteiger partial charge in [0.1, 0.15) is 0 Å². The lowest BCUT2D eigenvalue weighted by Crippen LogP contribution is -2.19. The first-order valence-corrected chi connectivity index (χ1v) is 10.9. The van der Waals surface area contributed by atoms with Gasteiger partial charge in [0.2, 0.25) is 5.91 Å². The van der Waals surface area contributed by atoms with Crippen LogP contribution in [0.1, 0.15) is 49.2 Å². The molecule has 0 spiro atoms. The van der Waals surface area contributed by atoms with E-state index in [1.165, 1.54) is 18.0 Å². The number of hydrogen-bond acceptors (Lipinski definition) is 7. The van der Waals surface area contributed by atoms with Crippen LogP contribution in [0.3, 0.4) is 0 Å². The third-order valence-electron chi connectivity index (χ3n) is 4.40. The molecule has 1 heterocycles. The molecule has 31 heavy (non-hydrogen) atoms. The normalized spacial score (nSPS) is 15.4. The number of ether oxygens (including phenoxy) is 2. The van der Waals surface area contributed by atoms with Crippen molar-refractivity contribution in [3.63, 3.8) is 0 Å². The van der Waals surface area contributed by atoms with Crippen molar-refractivity contribution in [1.29, 1.82) is 0 Å². The van der Waals surface area contributed by atoms with Gasteiger partial charge in [-0.1, -0.05) is 44.7 Å². The van der Waals surface area contributed by atoms with Crippen molar-refractivity contribution >= 4 is 35.0 Å². The van der Waals surface area contributed by atoms with Crippen molar-refractivity contribution in [2.24, 2.45) is 10.2 Å². The SMILES string of the molecule is CCOc1cc(/C=N/N=C2/NC(=O)CS2)ccc1OC(=O)c1ccc(C(C)(C)C)cc1. The van der Waals surface area contributed by atoms with Gasteiger partial charge in [-0.05, 0) is 53.8 Å². The lowest BCUT2D eigenvalue weighted by molar-refractivity contribution is -0.116. The van der Waals surface area contributed by atoms with Crippen LogP contribution >= 0.6 is 11.8 Å². The molecule has 0 aliphatic carbocycles. The predicted molar refractivity (Wildman–Crippen MR) is 123 cm³/mol. The highest BCUT2D eigenvalue weighted by Gasteiger charge is 2.17. The molecule has 1 aliphatic heterocycles. The van der Waals surface area contributed by atoms with Gasteiger partial charge in [-0.25, -0.2) is 4.79 Å². The summed E-state index contributed by atoms with van der Waals surface area (Å²) in [6.07, 6.45) is 1.54. The number of benzene rings is 2. The number of rotatable bonds is 6. The first kappa shape index (κ1) is 22.6. The third kappa shape index (κ3) is 6.18. The number of nitrogens with zero attached hydrogens (tertiary/aromatic N) is 2. The molecule has 8 heteroatoms. The monoisotopic (exact) mass is 439 g/mol. The van der Waals surface area contributed by atoms with Crippen LogP contribution in [0.25, 0.3) is 0 Å². The molecule has 1 saturated heterocycles. The number of amides is 1.